The minimum Gasteiger partial charge on any atom is -0.366 e. The van der Waals surface area contributed by atoms with Crippen molar-refractivity contribution in [3.05, 3.63) is 77.2 Å². The summed E-state index contributed by atoms with van der Waals surface area (Å²) >= 11 is 0. The van der Waals surface area contributed by atoms with Gasteiger partial charge in [-0.2, -0.15) is 0 Å². The average Bonchev–Trinajstić information content (AvgIpc) is 3.12. The number of rotatable bonds is 5. The van der Waals surface area contributed by atoms with Crippen LogP contribution in [-0.2, 0) is 26.4 Å². The van der Waals surface area contributed by atoms with Gasteiger partial charge in [0.2, 0.25) is 0 Å². The molecule has 30 heavy (non-hydrogen) atoms. The molecule has 1 unspecified atom stereocenters. The Morgan fingerprint density at radius 1 is 1.33 bits per heavy atom. The van der Waals surface area contributed by atoms with Crippen LogP contribution in [0.3, 0.4) is 0 Å². The Hall–Kier alpha value is -3.22. The average molecular weight is 407 g/mol. The van der Waals surface area contributed by atoms with Crippen molar-refractivity contribution >= 4 is 0 Å². The number of nitrogens with one attached hydrogen (secondary N) is 1. The summed E-state index contributed by atoms with van der Waals surface area (Å²) in [5, 5.41) is 12.0. The summed E-state index contributed by atoms with van der Waals surface area (Å²) in [7, 11) is 1.95. The van der Waals surface area contributed by atoms with Crippen molar-refractivity contribution in [3.63, 3.8) is 0 Å². The Morgan fingerprint density at radius 2 is 2.17 bits per heavy atom. The van der Waals surface area contributed by atoms with Gasteiger partial charge in [0, 0.05) is 24.8 Å². The smallest absolute Gasteiger partial charge is 0.142 e. The third-order valence-electron chi connectivity index (χ3n) is 5.61. The largest absolute Gasteiger partial charge is 0.366 e. The molecule has 1 aliphatic rings. The van der Waals surface area contributed by atoms with Crippen molar-refractivity contribution in [2.75, 3.05) is 0 Å². The molecule has 156 valence electrons. The van der Waals surface area contributed by atoms with Crippen LogP contribution < -0.4 is 10.8 Å². The molecule has 0 saturated heterocycles. The predicted octanol–water partition coefficient (Wildman–Crippen LogP) is 3.27. The molecule has 2 aromatic heterocycles. The summed E-state index contributed by atoms with van der Waals surface area (Å²) in [5.41, 5.74) is 5.87. The second kappa shape index (κ2) is 8.26. The molecule has 4 rings (SSSR count). The number of aryl methyl sites for hydroxylation is 3. The summed E-state index contributed by atoms with van der Waals surface area (Å²) in [6, 6.07) is 8.99. The minimum absolute atomic E-state index is 0.199. The number of hydrogen-bond acceptors (Lipinski definition) is 4. The highest BCUT2D eigenvalue weighted by Gasteiger charge is 2.22. The van der Waals surface area contributed by atoms with Gasteiger partial charge in [0.1, 0.15) is 17.1 Å². The van der Waals surface area contributed by atoms with Crippen LogP contribution in [0.25, 0.3) is 11.1 Å². The molecule has 1 aromatic carbocycles. The van der Waals surface area contributed by atoms with Crippen molar-refractivity contribution in [1.29, 1.82) is 0 Å². The Balaban J connectivity index is 1.60. The molecular weight excluding hydrogens is 379 g/mol. The molecule has 0 aliphatic carbocycles. The molecule has 6 nitrogen and oxygen atoms in total. The van der Waals surface area contributed by atoms with E-state index in [4.69, 9.17) is 4.99 Å². The van der Waals surface area contributed by atoms with Crippen LogP contribution in [0.1, 0.15) is 30.3 Å². The second-order valence-electron chi connectivity index (χ2n) is 7.77. The maximum atomic E-state index is 13.6. The van der Waals surface area contributed by atoms with Crippen LogP contribution in [0.5, 0.6) is 0 Å². The molecular formula is C23H27FN6. The predicted molar refractivity (Wildman–Crippen MR) is 115 cm³/mol. The standard InChI is InChI=1S/C23H27FN6/c1-5-21-22-11-9-18(14-30(22)28-27-21)25-16(3)26-23-20(7-6-12-29(23)4)19-10-8-17(24)13-15(19)2/h6-8,10,12-13,18,25H,3,5,9,11,14H2,1-2,4H3/b26-23-. The van der Waals surface area contributed by atoms with Gasteiger partial charge in [-0.1, -0.05) is 24.8 Å². The fraction of sp³-hybridized carbons (Fsp3) is 0.348. The van der Waals surface area contributed by atoms with Gasteiger partial charge in [0.25, 0.3) is 0 Å². The summed E-state index contributed by atoms with van der Waals surface area (Å²) in [5.74, 6) is 0.360. The first kappa shape index (κ1) is 20.1. The van der Waals surface area contributed by atoms with Gasteiger partial charge in [-0.3, -0.25) is 0 Å². The van der Waals surface area contributed by atoms with Crippen molar-refractivity contribution in [2.24, 2.45) is 12.0 Å². The highest BCUT2D eigenvalue weighted by Crippen LogP contribution is 2.21. The molecule has 3 aromatic rings. The van der Waals surface area contributed by atoms with E-state index < -0.39 is 0 Å². The summed E-state index contributed by atoms with van der Waals surface area (Å²) in [6.07, 6.45) is 4.79. The lowest BCUT2D eigenvalue weighted by Crippen LogP contribution is -2.37. The number of pyridine rings is 1. The first-order valence-corrected chi connectivity index (χ1v) is 10.3. The summed E-state index contributed by atoms with van der Waals surface area (Å²) in [4.78, 5) is 4.79. The molecule has 7 heteroatoms. The van der Waals surface area contributed by atoms with E-state index >= 15 is 0 Å². The molecule has 0 bridgehead atoms. The number of aromatic nitrogens is 4. The third-order valence-corrected chi connectivity index (χ3v) is 5.61. The van der Waals surface area contributed by atoms with Gasteiger partial charge in [0.15, 0.2) is 0 Å². The Morgan fingerprint density at radius 3 is 2.93 bits per heavy atom. The van der Waals surface area contributed by atoms with Crippen molar-refractivity contribution in [3.8, 4) is 11.1 Å². The topological polar surface area (TPSA) is 60.0 Å². The number of halogens is 1. The van der Waals surface area contributed by atoms with Crippen molar-refractivity contribution in [1.82, 2.24) is 24.9 Å². The molecule has 1 atom stereocenters. The first-order valence-electron chi connectivity index (χ1n) is 10.3. The quantitative estimate of drug-likeness (QED) is 0.708. The van der Waals surface area contributed by atoms with Crippen LogP contribution in [0.2, 0.25) is 0 Å². The van der Waals surface area contributed by atoms with E-state index in [1.165, 1.54) is 11.8 Å². The fourth-order valence-electron chi connectivity index (χ4n) is 4.07. The lowest BCUT2D eigenvalue weighted by molar-refractivity contribution is 0.378. The van der Waals surface area contributed by atoms with Crippen molar-refractivity contribution < 1.29 is 4.39 Å². The van der Waals surface area contributed by atoms with Gasteiger partial charge in [-0.05, 0) is 61.6 Å². The van der Waals surface area contributed by atoms with E-state index in [2.05, 4.69) is 29.1 Å². The molecule has 0 spiro atoms. The van der Waals surface area contributed by atoms with Crippen LogP contribution >= 0.6 is 0 Å². The number of benzene rings is 1. The molecule has 0 amide bonds. The number of nitrogens with zero attached hydrogens (tertiary/aromatic N) is 5. The van der Waals surface area contributed by atoms with Gasteiger partial charge in [-0.15, -0.1) is 5.10 Å². The molecule has 0 saturated carbocycles. The zero-order valence-electron chi connectivity index (χ0n) is 17.7. The van der Waals surface area contributed by atoms with E-state index in [1.807, 2.05) is 41.5 Å². The van der Waals surface area contributed by atoms with Gasteiger partial charge >= 0.3 is 0 Å². The van der Waals surface area contributed by atoms with Crippen LogP contribution in [0.4, 0.5) is 4.39 Å². The fourth-order valence-corrected chi connectivity index (χ4v) is 4.07. The van der Waals surface area contributed by atoms with E-state index in [1.54, 1.807) is 12.1 Å². The minimum atomic E-state index is -0.239. The highest BCUT2D eigenvalue weighted by atomic mass is 19.1. The number of hydrogen-bond donors (Lipinski definition) is 1. The Bertz CT molecular complexity index is 1160. The van der Waals surface area contributed by atoms with Gasteiger partial charge < -0.3 is 9.88 Å². The van der Waals surface area contributed by atoms with Gasteiger partial charge in [0.05, 0.1) is 17.9 Å². The maximum Gasteiger partial charge on any atom is 0.142 e. The summed E-state index contributed by atoms with van der Waals surface area (Å²) < 4.78 is 17.5. The van der Waals surface area contributed by atoms with E-state index in [-0.39, 0.29) is 11.9 Å². The van der Waals surface area contributed by atoms with Crippen molar-refractivity contribution in [2.45, 2.75) is 45.7 Å². The highest BCUT2D eigenvalue weighted by molar-refractivity contribution is 5.66. The Labute approximate surface area is 175 Å². The molecule has 3 heterocycles. The summed E-state index contributed by atoms with van der Waals surface area (Å²) in [6.45, 7) is 8.90. The second-order valence-corrected chi connectivity index (χ2v) is 7.77. The van der Waals surface area contributed by atoms with E-state index in [9.17, 15) is 4.39 Å². The first-order chi connectivity index (χ1) is 14.5. The van der Waals surface area contributed by atoms with Gasteiger partial charge in [-0.25, -0.2) is 14.1 Å². The zero-order valence-corrected chi connectivity index (χ0v) is 17.7. The normalized spacial score (nSPS) is 16.4. The van der Waals surface area contributed by atoms with Crippen LogP contribution in [0, 0.1) is 12.7 Å². The van der Waals surface area contributed by atoms with Crippen LogP contribution in [0.15, 0.2) is 53.9 Å². The third kappa shape index (κ3) is 3.92. The SMILES string of the molecule is C=C(/N=c1/c(-c2ccc(F)cc2C)cccn1C)NC1CCc2c(CC)nnn2C1. The monoisotopic (exact) mass is 406 g/mol. The van der Waals surface area contributed by atoms with Crippen LogP contribution in [-0.4, -0.2) is 25.6 Å². The number of fused-ring (bicyclic) bond motifs is 1. The molecule has 0 radical (unpaired) electrons. The van der Waals surface area contributed by atoms with E-state index in [0.29, 0.717) is 5.82 Å². The zero-order chi connectivity index (χ0) is 21.3. The molecule has 1 aliphatic heterocycles. The van der Waals surface area contributed by atoms with E-state index in [0.717, 1.165) is 53.7 Å². The molecule has 0 fully saturated rings. The maximum absolute atomic E-state index is 13.6. The molecule has 1 N–H and O–H groups in total. The lowest BCUT2D eigenvalue weighted by atomic mass is 10.0. The lowest BCUT2D eigenvalue weighted by Gasteiger charge is -2.25. The Kier molecular flexibility index (Phi) is 5.53.